The van der Waals surface area contributed by atoms with Crippen molar-refractivity contribution < 1.29 is 14.4 Å². The number of nitrogens with zero attached hydrogens (tertiary/aromatic N) is 2. The van der Waals surface area contributed by atoms with E-state index in [9.17, 15) is 14.4 Å². The molecular weight excluding hydrogens is 330 g/mol. The number of nitrogens with one attached hydrogen (secondary N) is 1. The van der Waals surface area contributed by atoms with E-state index in [0.717, 1.165) is 22.2 Å². The van der Waals surface area contributed by atoms with Crippen LogP contribution in [0.25, 0.3) is 10.9 Å². The summed E-state index contributed by atoms with van der Waals surface area (Å²) in [5, 5.41) is 3.66. The number of rotatable bonds is 3. The van der Waals surface area contributed by atoms with Crippen molar-refractivity contribution in [3.05, 3.63) is 48.7 Å². The molecule has 26 heavy (non-hydrogen) atoms. The number of hydrogen-bond donors (Lipinski definition) is 1. The Kier molecular flexibility index (Phi) is 3.22. The van der Waals surface area contributed by atoms with Crippen LogP contribution < -0.4 is 5.32 Å². The van der Waals surface area contributed by atoms with E-state index in [1.165, 1.54) is 0 Å². The number of hydrogen-bond acceptors (Lipinski definition) is 4. The zero-order valence-corrected chi connectivity index (χ0v) is 14.0. The summed E-state index contributed by atoms with van der Waals surface area (Å²) in [7, 11) is 0. The lowest BCUT2D eigenvalue weighted by Gasteiger charge is -2.16. The fourth-order valence-electron chi connectivity index (χ4n) is 4.60. The van der Waals surface area contributed by atoms with Crippen molar-refractivity contribution in [2.24, 2.45) is 23.7 Å². The zero-order chi connectivity index (χ0) is 17.8. The molecule has 2 heterocycles. The maximum atomic E-state index is 12.6. The number of fused-ring (bicyclic) bond motifs is 6. The molecule has 2 aliphatic carbocycles. The summed E-state index contributed by atoms with van der Waals surface area (Å²) < 4.78 is 0. The highest BCUT2D eigenvalue weighted by Crippen LogP contribution is 2.52. The van der Waals surface area contributed by atoms with Crippen molar-refractivity contribution in [2.75, 3.05) is 11.9 Å². The Hall–Kier alpha value is -3.02. The highest BCUT2D eigenvalue weighted by Gasteiger charge is 2.59. The molecule has 3 amide bonds. The van der Waals surface area contributed by atoms with Gasteiger partial charge in [0.1, 0.15) is 6.54 Å². The van der Waals surface area contributed by atoms with Gasteiger partial charge in [-0.2, -0.15) is 0 Å². The maximum Gasteiger partial charge on any atom is 0.244 e. The van der Waals surface area contributed by atoms with Crippen LogP contribution in [0.1, 0.15) is 6.42 Å². The molecule has 2 aromatic rings. The second-order valence-corrected chi connectivity index (χ2v) is 7.23. The topological polar surface area (TPSA) is 79.4 Å². The van der Waals surface area contributed by atoms with Crippen LogP contribution in [0.4, 0.5) is 5.69 Å². The molecule has 0 spiro atoms. The van der Waals surface area contributed by atoms with Gasteiger partial charge in [-0.25, -0.2) is 0 Å². The summed E-state index contributed by atoms with van der Waals surface area (Å²) in [6.07, 6.45) is 6.55. The van der Waals surface area contributed by atoms with Crippen molar-refractivity contribution >= 4 is 34.3 Å². The lowest BCUT2D eigenvalue weighted by Crippen LogP contribution is -2.39. The monoisotopic (exact) mass is 347 g/mol. The van der Waals surface area contributed by atoms with E-state index in [4.69, 9.17) is 0 Å². The second-order valence-electron chi connectivity index (χ2n) is 7.23. The minimum absolute atomic E-state index is 0.152. The van der Waals surface area contributed by atoms with Gasteiger partial charge >= 0.3 is 0 Å². The number of amides is 3. The summed E-state index contributed by atoms with van der Waals surface area (Å²) in [5.74, 6) is -1.03. The molecule has 3 aliphatic rings. The molecule has 6 heteroatoms. The third kappa shape index (κ3) is 2.18. The second kappa shape index (κ2) is 5.49. The Balaban J connectivity index is 1.31. The van der Waals surface area contributed by atoms with Gasteiger partial charge in [-0.05, 0) is 30.4 Å². The van der Waals surface area contributed by atoms with E-state index < -0.39 is 0 Å². The molecular formula is C20H17N3O3. The number of allylic oxidation sites excluding steroid dienone is 2. The fourth-order valence-corrected chi connectivity index (χ4v) is 4.60. The molecule has 0 unspecified atom stereocenters. The number of likely N-dealkylation sites (tertiary alicyclic amines) is 1. The van der Waals surface area contributed by atoms with E-state index >= 15 is 0 Å². The number of aromatic nitrogens is 1. The molecule has 1 N–H and O–H groups in total. The minimum atomic E-state index is -0.385. The van der Waals surface area contributed by atoms with Gasteiger partial charge in [0.25, 0.3) is 0 Å². The van der Waals surface area contributed by atoms with Gasteiger partial charge in [-0.3, -0.25) is 24.3 Å². The molecule has 1 aromatic carbocycles. The Labute approximate surface area is 149 Å². The number of imide groups is 1. The van der Waals surface area contributed by atoms with E-state index in [0.29, 0.717) is 5.69 Å². The third-order valence-corrected chi connectivity index (χ3v) is 5.74. The van der Waals surface area contributed by atoms with Crippen LogP contribution in [0.2, 0.25) is 0 Å². The van der Waals surface area contributed by atoms with Crippen molar-refractivity contribution in [2.45, 2.75) is 6.42 Å². The quantitative estimate of drug-likeness (QED) is 0.680. The van der Waals surface area contributed by atoms with E-state index in [-0.39, 0.29) is 47.9 Å². The first-order chi connectivity index (χ1) is 12.6. The Morgan fingerprint density at radius 1 is 1.12 bits per heavy atom. The SMILES string of the molecule is O=C(CN1C(=O)[C@@H]2[C@H](C1=O)[C@H]1C=C[C@H]2C1)Nc1cnc2ccccc2c1. The number of anilines is 1. The van der Waals surface area contributed by atoms with Crippen LogP contribution >= 0.6 is 0 Å². The summed E-state index contributed by atoms with van der Waals surface area (Å²) in [5.41, 5.74) is 1.39. The lowest BCUT2D eigenvalue weighted by atomic mass is 9.85. The number of benzene rings is 1. The molecule has 5 rings (SSSR count). The molecule has 2 bridgehead atoms. The molecule has 6 nitrogen and oxygen atoms in total. The predicted molar refractivity (Wildman–Crippen MR) is 94.8 cm³/mol. The van der Waals surface area contributed by atoms with E-state index in [2.05, 4.69) is 10.3 Å². The smallest absolute Gasteiger partial charge is 0.244 e. The average molecular weight is 347 g/mol. The van der Waals surface area contributed by atoms with E-state index in [1.807, 2.05) is 42.5 Å². The number of carbonyl (C=O) groups excluding carboxylic acids is 3. The van der Waals surface area contributed by atoms with Crippen LogP contribution in [0.3, 0.4) is 0 Å². The van der Waals surface area contributed by atoms with Gasteiger partial charge in [0.05, 0.1) is 29.2 Å². The van der Waals surface area contributed by atoms with E-state index in [1.54, 1.807) is 6.20 Å². The van der Waals surface area contributed by atoms with Crippen LogP contribution in [0.5, 0.6) is 0 Å². The Morgan fingerprint density at radius 3 is 2.54 bits per heavy atom. The molecule has 1 saturated carbocycles. The Bertz CT molecular complexity index is 953. The normalized spacial score (nSPS) is 28.8. The van der Waals surface area contributed by atoms with Crippen molar-refractivity contribution in [3.63, 3.8) is 0 Å². The van der Waals surface area contributed by atoms with Crippen LogP contribution in [-0.4, -0.2) is 34.2 Å². The van der Waals surface area contributed by atoms with Gasteiger partial charge in [-0.15, -0.1) is 0 Å². The van der Waals surface area contributed by atoms with Gasteiger partial charge in [-0.1, -0.05) is 30.4 Å². The lowest BCUT2D eigenvalue weighted by molar-refractivity contribution is -0.143. The molecule has 1 aliphatic heterocycles. The van der Waals surface area contributed by atoms with Crippen molar-refractivity contribution in [1.82, 2.24) is 9.88 Å². The summed E-state index contributed by atoms with van der Waals surface area (Å²) in [6.45, 7) is -0.239. The first-order valence-electron chi connectivity index (χ1n) is 8.80. The third-order valence-electron chi connectivity index (χ3n) is 5.74. The Morgan fingerprint density at radius 2 is 1.81 bits per heavy atom. The maximum absolute atomic E-state index is 12.6. The van der Waals surface area contributed by atoms with Crippen molar-refractivity contribution in [3.8, 4) is 0 Å². The average Bonchev–Trinajstić information content (AvgIpc) is 3.32. The number of carbonyl (C=O) groups is 3. The summed E-state index contributed by atoms with van der Waals surface area (Å²) in [6, 6.07) is 9.43. The first kappa shape index (κ1) is 15.3. The molecule has 4 atom stereocenters. The number of para-hydroxylation sites is 1. The van der Waals surface area contributed by atoms with Gasteiger partial charge in [0.2, 0.25) is 17.7 Å². The summed E-state index contributed by atoms with van der Waals surface area (Å²) >= 11 is 0. The standard InChI is InChI=1S/C20H17N3O3/c24-16(22-14-8-11-3-1-2-4-15(11)21-9-14)10-23-19(25)17-12-5-6-13(7-12)18(17)20(23)26/h1-6,8-9,12-13,17-18H,7,10H2,(H,22,24)/t12-,13-,17-,18+/m0/s1. The minimum Gasteiger partial charge on any atom is -0.323 e. The largest absolute Gasteiger partial charge is 0.323 e. The molecule has 130 valence electrons. The molecule has 1 saturated heterocycles. The first-order valence-corrected chi connectivity index (χ1v) is 8.80. The van der Waals surface area contributed by atoms with Gasteiger partial charge in [0.15, 0.2) is 0 Å². The van der Waals surface area contributed by atoms with Crippen LogP contribution in [0, 0.1) is 23.7 Å². The van der Waals surface area contributed by atoms with Crippen molar-refractivity contribution in [1.29, 1.82) is 0 Å². The van der Waals surface area contributed by atoms with Crippen LogP contribution in [0.15, 0.2) is 48.7 Å². The highest BCUT2D eigenvalue weighted by atomic mass is 16.2. The van der Waals surface area contributed by atoms with Crippen LogP contribution in [-0.2, 0) is 14.4 Å². The highest BCUT2D eigenvalue weighted by molar-refractivity contribution is 6.09. The summed E-state index contributed by atoms with van der Waals surface area (Å²) in [4.78, 5) is 43.1. The van der Waals surface area contributed by atoms with Gasteiger partial charge in [0, 0.05) is 5.39 Å². The molecule has 0 radical (unpaired) electrons. The predicted octanol–water partition coefficient (Wildman–Crippen LogP) is 1.98. The zero-order valence-electron chi connectivity index (χ0n) is 14.0. The molecule has 1 aromatic heterocycles. The molecule has 2 fully saturated rings. The van der Waals surface area contributed by atoms with Gasteiger partial charge < -0.3 is 5.32 Å². The number of pyridine rings is 1. The fraction of sp³-hybridized carbons (Fsp3) is 0.300.